The topological polar surface area (TPSA) is 27.7 Å². The van der Waals surface area contributed by atoms with Crippen LogP contribution in [0.3, 0.4) is 0 Å². The lowest BCUT2D eigenvalue weighted by Gasteiger charge is -2.32. The Labute approximate surface area is 132 Å². The Morgan fingerprint density at radius 2 is 1.60 bits per heavy atom. The van der Waals surface area contributed by atoms with Crippen LogP contribution in [-0.2, 0) is 14.2 Å². The van der Waals surface area contributed by atoms with E-state index in [0.717, 1.165) is 6.42 Å². The van der Waals surface area contributed by atoms with Crippen LogP contribution < -0.4 is 0 Å². The molecule has 1 fully saturated rings. The lowest BCUT2D eigenvalue weighted by Crippen LogP contribution is -2.39. The summed E-state index contributed by atoms with van der Waals surface area (Å²) < 4.78 is 16.7. The van der Waals surface area contributed by atoms with Gasteiger partial charge in [-0.15, -0.1) is 23.2 Å². The molecule has 3 nitrogen and oxygen atoms in total. The average molecular weight is 325 g/mol. The van der Waals surface area contributed by atoms with Crippen molar-refractivity contribution in [1.29, 1.82) is 0 Å². The number of hydrogen-bond acceptors (Lipinski definition) is 3. The summed E-state index contributed by atoms with van der Waals surface area (Å²) >= 11 is 12.5. The Balaban J connectivity index is 2.92. The highest BCUT2D eigenvalue weighted by Gasteiger charge is 2.59. The van der Waals surface area contributed by atoms with Gasteiger partial charge in [-0.2, -0.15) is 0 Å². The van der Waals surface area contributed by atoms with Crippen LogP contribution in [-0.4, -0.2) is 36.5 Å². The van der Waals surface area contributed by atoms with Gasteiger partial charge >= 0.3 is 0 Å². The van der Waals surface area contributed by atoms with Gasteiger partial charge in [0.25, 0.3) is 0 Å². The summed E-state index contributed by atoms with van der Waals surface area (Å²) in [6.07, 6.45) is 4.31. The molecule has 1 saturated carbocycles. The van der Waals surface area contributed by atoms with E-state index in [-0.39, 0.29) is 24.2 Å². The molecule has 0 aromatic heterocycles. The summed E-state index contributed by atoms with van der Waals surface area (Å²) in [4.78, 5) is 0. The fraction of sp³-hybridized carbons (Fsp3) is 0.867. The molecule has 0 aromatic carbocycles. The van der Waals surface area contributed by atoms with E-state index in [1.807, 2.05) is 39.8 Å². The van der Waals surface area contributed by atoms with Gasteiger partial charge in [0, 0.05) is 31.7 Å². The molecule has 0 aliphatic heterocycles. The van der Waals surface area contributed by atoms with Gasteiger partial charge in [-0.25, -0.2) is 0 Å². The molecule has 3 unspecified atom stereocenters. The Morgan fingerprint density at radius 1 is 1.10 bits per heavy atom. The van der Waals surface area contributed by atoms with Crippen molar-refractivity contribution in [1.82, 2.24) is 0 Å². The molecule has 20 heavy (non-hydrogen) atoms. The van der Waals surface area contributed by atoms with Gasteiger partial charge in [-0.05, 0) is 34.1 Å². The van der Waals surface area contributed by atoms with E-state index in [0.29, 0.717) is 19.8 Å². The molecule has 1 aliphatic carbocycles. The standard InChI is InChI=1S/C15H26Cl2O3/c1-5-9-12(18-6-2)13(11-10-15(11,16)17)14(19-7-3)20-8-4/h5,9,11-14H,6-8,10H2,1-4H3/b9-5+. The van der Waals surface area contributed by atoms with E-state index in [1.54, 1.807) is 0 Å². The predicted octanol–water partition coefficient (Wildman–Crippen LogP) is 4.18. The number of hydrogen-bond donors (Lipinski definition) is 0. The third-order valence-corrected chi connectivity index (χ3v) is 4.30. The van der Waals surface area contributed by atoms with E-state index in [9.17, 15) is 0 Å². The first-order valence-electron chi connectivity index (χ1n) is 7.37. The first-order chi connectivity index (χ1) is 9.51. The summed E-state index contributed by atoms with van der Waals surface area (Å²) in [5, 5.41) is 0. The minimum absolute atomic E-state index is 0.000972. The lowest BCUT2D eigenvalue weighted by molar-refractivity contribution is -0.191. The second-order valence-electron chi connectivity index (χ2n) is 4.87. The number of allylic oxidation sites excluding steroid dienone is 1. The Kier molecular flexibility index (Phi) is 7.84. The quantitative estimate of drug-likeness (QED) is 0.343. The van der Waals surface area contributed by atoms with Gasteiger partial charge in [0.15, 0.2) is 6.29 Å². The van der Waals surface area contributed by atoms with Crippen LogP contribution in [0.4, 0.5) is 0 Å². The molecule has 5 heteroatoms. The molecule has 0 radical (unpaired) electrons. The molecule has 0 amide bonds. The average Bonchev–Trinajstić information content (AvgIpc) is 2.99. The van der Waals surface area contributed by atoms with E-state index in [2.05, 4.69) is 0 Å². The van der Waals surface area contributed by atoms with Gasteiger partial charge < -0.3 is 14.2 Å². The Bertz CT molecular complexity index is 301. The maximum absolute atomic E-state index is 6.27. The second-order valence-corrected chi connectivity index (χ2v) is 6.42. The lowest BCUT2D eigenvalue weighted by atomic mass is 9.95. The summed E-state index contributed by atoms with van der Waals surface area (Å²) in [6.45, 7) is 9.65. The van der Waals surface area contributed by atoms with Crippen LogP contribution in [0.1, 0.15) is 34.1 Å². The molecule has 0 aromatic rings. The molecule has 3 atom stereocenters. The SMILES string of the molecule is C/C=C/C(OCC)C(C(OCC)OCC)C1CC1(Cl)Cl. The highest BCUT2D eigenvalue weighted by atomic mass is 35.5. The monoisotopic (exact) mass is 324 g/mol. The number of alkyl halides is 2. The molecule has 118 valence electrons. The molecular weight excluding hydrogens is 299 g/mol. The highest BCUT2D eigenvalue weighted by Crippen LogP contribution is 2.59. The zero-order valence-electron chi connectivity index (χ0n) is 12.8. The zero-order chi connectivity index (χ0) is 15.2. The fourth-order valence-electron chi connectivity index (χ4n) is 2.50. The van der Waals surface area contributed by atoms with Crippen molar-refractivity contribution in [3.63, 3.8) is 0 Å². The van der Waals surface area contributed by atoms with Gasteiger partial charge in [-0.3, -0.25) is 0 Å². The van der Waals surface area contributed by atoms with Gasteiger partial charge in [-0.1, -0.05) is 12.2 Å². The van der Waals surface area contributed by atoms with E-state index in [4.69, 9.17) is 37.4 Å². The number of rotatable bonds is 10. The predicted molar refractivity (Wildman–Crippen MR) is 83.3 cm³/mol. The van der Waals surface area contributed by atoms with Crippen molar-refractivity contribution in [2.75, 3.05) is 19.8 Å². The third-order valence-electron chi connectivity index (χ3n) is 3.44. The van der Waals surface area contributed by atoms with Gasteiger partial charge in [0.05, 0.1) is 6.10 Å². The molecule has 0 spiro atoms. The first-order valence-corrected chi connectivity index (χ1v) is 8.12. The highest BCUT2D eigenvalue weighted by molar-refractivity contribution is 6.50. The van der Waals surface area contributed by atoms with Crippen LogP contribution in [0.2, 0.25) is 0 Å². The molecular formula is C15H26Cl2O3. The van der Waals surface area contributed by atoms with E-state index in [1.165, 1.54) is 0 Å². The summed E-state index contributed by atoms with van der Waals surface area (Å²) in [5.74, 6) is 0.128. The smallest absolute Gasteiger partial charge is 0.163 e. The van der Waals surface area contributed by atoms with E-state index < -0.39 is 4.33 Å². The molecule has 1 aliphatic rings. The molecule has 0 bridgehead atoms. The van der Waals surface area contributed by atoms with Gasteiger partial charge in [0.2, 0.25) is 0 Å². The maximum Gasteiger partial charge on any atom is 0.163 e. The zero-order valence-corrected chi connectivity index (χ0v) is 14.3. The Hall–Kier alpha value is 0.200. The second kappa shape index (κ2) is 8.60. The minimum atomic E-state index is -0.686. The van der Waals surface area contributed by atoms with Crippen molar-refractivity contribution in [3.05, 3.63) is 12.2 Å². The fourth-order valence-corrected chi connectivity index (χ4v) is 3.12. The van der Waals surface area contributed by atoms with Crippen molar-refractivity contribution < 1.29 is 14.2 Å². The molecule has 0 heterocycles. The van der Waals surface area contributed by atoms with Crippen molar-refractivity contribution in [3.8, 4) is 0 Å². The normalized spacial score (nSPS) is 24.2. The Morgan fingerprint density at radius 3 is 1.95 bits per heavy atom. The maximum atomic E-state index is 6.27. The van der Waals surface area contributed by atoms with Crippen molar-refractivity contribution in [2.45, 2.75) is 50.8 Å². The molecule has 0 saturated heterocycles. The molecule has 1 rings (SSSR count). The van der Waals surface area contributed by atoms with Crippen LogP contribution >= 0.6 is 23.2 Å². The summed E-state index contributed by atoms with van der Waals surface area (Å²) in [5.41, 5.74) is 0. The van der Waals surface area contributed by atoms with Crippen LogP contribution in [0.15, 0.2) is 12.2 Å². The number of halogens is 2. The number of ether oxygens (including phenoxy) is 3. The summed E-state index contributed by atoms with van der Waals surface area (Å²) in [6, 6.07) is 0. The van der Waals surface area contributed by atoms with Crippen LogP contribution in [0.5, 0.6) is 0 Å². The van der Waals surface area contributed by atoms with Crippen molar-refractivity contribution in [2.24, 2.45) is 11.8 Å². The minimum Gasteiger partial charge on any atom is -0.374 e. The van der Waals surface area contributed by atoms with Crippen molar-refractivity contribution >= 4 is 23.2 Å². The molecule has 0 N–H and O–H groups in total. The van der Waals surface area contributed by atoms with E-state index >= 15 is 0 Å². The largest absolute Gasteiger partial charge is 0.374 e. The first kappa shape index (κ1) is 18.2. The summed E-state index contributed by atoms with van der Waals surface area (Å²) in [7, 11) is 0. The van der Waals surface area contributed by atoms with Gasteiger partial charge in [0.1, 0.15) is 4.33 Å². The third kappa shape index (κ3) is 4.88. The van der Waals surface area contributed by atoms with Crippen LogP contribution in [0.25, 0.3) is 0 Å². The van der Waals surface area contributed by atoms with Crippen LogP contribution in [0, 0.1) is 11.8 Å².